The van der Waals surface area contributed by atoms with Gasteiger partial charge in [0, 0.05) is 17.1 Å². The molecule has 0 spiro atoms. The lowest BCUT2D eigenvalue weighted by molar-refractivity contribution is -0.115. The standard InChI is InChI=1S/C21H19FN2O/c1-15-4-2-5-16(12-15)13-21(25)24-19-10-8-18(9-11-19)23-20-7-3-6-17(22)14-20/h2-12,14,23H,13H2,1H3,(H,24,25). The molecule has 0 fully saturated rings. The van der Waals surface area contributed by atoms with Crippen LogP contribution in [0.1, 0.15) is 11.1 Å². The van der Waals surface area contributed by atoms with Crippen LogP contribution in [0.25, 0.3) is 0 Å². The van der Waals surface area contributed by atoms with E-state index in [2.05, 4.69) is 10.6 Å². The number of halogens is 1. The summed E-state index contributed by atoms with van der Waals surface area (Å²) in [4.78, 5) is 12.1. The predicted molar refractivity (Wildman–Crippen MR) is 99.6 cm³/mol. The van der Waals surface area contributed by atoms with Crippen molar-refractivity contribution in [1.82, 2.24) is 0 Å². The molecule has 3 aromatic rings. The highest BCUT2D eigenvalue weighted by Gasteiger charge is 2.05. The molecule has 0 radical (unpaired) electrons. The van der Waals surface area contributed by atoms with Crippen LogP contribution in [0.15, 0.2) is 72.8 Å². The van der Waals surface area contributed by atoms with Crippen molar-refractivity contribution in [3.05, 3.63) is 89.7 Å². The van der Waals surface area contributed by atoms with Gasteiger partial charge in [0.1, 0.15) is 5.82 Å². The van der Waals surface area contributed by atoms with Crippen LogP contribution >= 0.6 is 0 Å². The van der Waals surface area contributed by atoms with Crippen molar-refractivity contribution < 1.29 is 9.18 Å². The molecule has 0 heterocycles. The van der Waals surface area contributed by atoms with Gasteiger partial charge < -0.3 is 10.6 Å². The Morgan fingerprint density at radius 3 is 2.32 bits per heavy atom. The van der Waals surface area contributed by atoms with E-state index in [1.165, 1.54) is 12.1 Å². The van der Waals surface area contributed by atoms with Crippen LogP contribution in [0, 0.1) is 12.7 Å². The van der Waals surface area contributed by atoms with Gasteiger partial charge in [-0.05, 0) is 55.0 Å². The van der Waals surface area contributed by atoms with Gasteiger partial charge in [0.15, 0.2) is 0 Å². The minimum atomic E-state index is -0.287. The third-order valence-corrected chi connectivity index (χ3v) is 3.73. The Balaban J connectivity index is 1.59. The monoisotopic (exact) mass is 334 g/mol. The zero-order valence-corrected chi connectivity index (χ0v) is 13.9. The molecule has 2 N–H and O–H groups in total. The number of carbonyl (C=O) groups is 1. The van der Waals surface area contributed by atoms with Crippen molar-refractivity contribution in [2.45, 2.75) is 13.3 Å². The molecule has 3 rings (SSSR count). The largest absolute Gasteiger partial charge is 0.355 e. The Hall–Kier alpha value is -3.14. The summed E-state index contributed by atoms with van der Waals surface area (Å²) in [5, 5.41) is 6.00. The van der Waals surface area contributed by atoms with E-state index >= 15 is 0 Å². The molecule has 126 valence electrons. The van der Waals surface area contributed by atoms with Gasteiger partial charge in [-0.25, -0.2) is 4.39 Å². The molecule has 0 unspecified atom stereocenters. The number of nitrogens with one attached hydrogen (secondary N) is 2. The van der Waals surface area contributed by atoms with Gasteiger partial charge in [0.05, 0.1) is 6.42 Å². The lowest BCUT2D eigenvalue weighted by atomic mass is 10.1. The lowest BCUT2D eigenvalue weighted by Gasteiger charge is -2.09. The molecule has 3 nitrogen and oxygen atoms in total. The first-order valence-electron chi connectivity index (χ1n) is 8.06. The number of aryl methyl sites for hydroxylation is 1. The Labute approximate surface area is 146 Å². The molecule has 0 saturated carbocycles. The Morgan fingerprint density at radius 1 is 0.880 bits per heavy atom. The van der Waals surface area contributed by atoms with Crippen molar-refractivity contribution in [3.63, 3.8) is 0 Å². The number of hydrogen-bond acceptors (Lipinski definition) is 2. The third-order valence-electron chi connectivity index (χ3n) is 3.73. The van der Waals surface area contributed by atoms with Crippen LogP contribution < -0.4 is 10.6 Å². The maximum Gasteiger partial charge on any atom is 0.228 e. The van der Waals surface area contributed by atoms with E-state index in [0.29, 0.717) is 12.1 Å². The number of benzene rings is 3. The van der Waals surface area contributed by atoms with Gasteiger partial charge in [-0.3, -0.25) is 4.79 Å². The van der Waals surface area contributed by atoms with Crippen LogP contribution in [0.2, 0.25) is 0 Å². The first-order valence-corrected chi connectivity index (χ1v) is 8.06. The lowest BCUT2D eigenvalue weighted by Crippen LogP contribution is -2.14. The van der Waals surface area contributed by atoms with E-state index in [4.69, 9.17) is 0 Å². The van der Waals surface area contributed by atoms with Crippen LogP contribution in [-0.2, 0) is 11.2 Å². The van der Waals surface area contributed by atoms with Crippen molar-refractivity contribution >= 4 is 23.0 Å². The highest BCUT2D eigenvalue weighted by atomic mass is 19.1. The third kappa shape index (κ3) is 4.91. The van der Waals surface area contributed by atoms with Crippen molar-refractivity contribution in [2.75, 3.05) is 10.6 Å². The first-order chi connectivity index (χ1) is 12.1. The van der Waals surface area contributed by atoms with Crippen molar-refractivity contribution in [3.8, 4) is 0 Å². The summed E-state index contributed by atoms with van der Waals surface area (Å²) in [7, 11) is 0. The summed E-state index contributed by atoms with van der Waals surface area (Å²) in [5.41, 5.74) is 4.35. The molecule has 0 aliphatic carbocycles. The predicted octanol–water partition coefficient (Wildman–Crippen LogP) is 5.06. The second kappa shape index (κ2) is 7.62. The highest BCUT2D eigenvalue weighted by molar-refractivity contribution is 5.92. The molecule has 0 aromatic heterocycles. The summed E-state index contributed by atoms with van der Waals surface area (Å²) >= 11 is 0. The smallest absolute Gasteiger partial charge is 0.228 e. The van der Waals surface area contributed by atoms with Crippen molar-refractivity contribution in [1.29, 1.82) is 0 Å². The molecule has 3 aromatic carbocycles. The first kappa shape index (κ1) is 16.7. The summed E-state index contributed by atoms with van der Waals surface area (Å²) in [5.74, 6) is -0.346. The number of anilines is 3. The van der Waals surface area contributed by atoms with Crippen LogP contribution in [-0.4, -0.2) is 5.91 Å². The normalized spacial score (nSPS) is 10.3. The SMILES string of the molecule is Cc1cccc(CC(=O)Nc2ccc(Nc3cccc(F)c3)cc2)c1. The number of carbonyl (C=O) groups excluding carboxylic acids is 1. The average Bonchev–Trinajstić information content (AvgIpc) is 2.57. The number of amides is 1. The molecular formula is C21H19FN2O. The Morgan fingerprint density at radius 2 is 1.60 bits per heavy atom. The van der Waals surface area contributed by atoms with Gasteiger partial charge in [0.25, 0.3) is 0 Å². The van der Waals surface area contributed by atoms with E-state index in [-0.39, 0.29) is 11.7 Å². The van der Waals surface area contributed by atoms with Crippen LogP contribution in [0.3, 0.4) is 0 Å². The van der Waals surface area contributed by atoms with Gasteiger partial charge in [-0.1, -0.05) is 35.9 Å². The fourth-order valence-electron chi connectivity index (χ4n) is 2.58. The second-order valence-corrected chi connectivity index (χ2v) is 5.93. The number of rotatable bonds is 5. The van der Waals surface area contributed by atoms with Gasteiger partial charge in [-0.2, -0.15) is 0 Å². The fourth-order valence-corrected chi connectivity index (χ4v) is 2.58. The second-order valence-electron chi connectivity index (χ2n) is 5.93. The Kier molecular flexibility index (Phi) is 5.09. The highest BCUT2D eigenvalue weighted by Crippen LogP contribution is 2.19. The molecule has 4 heteroatoms. The maximum absolute atomic E-state index is 13.2. The maximum atomic E-state index is 13.2. The minimum absolute atomic E-state index is 0.0589. The zero-order valence-electron chi connectivity index (χ0n) is 13.9. The van der Waals surface area contributed by atoms with E-state index in [0.717, 1.165) is 22.5 Å². The van der Waals surface area contributed by atoms with Gasteiger partial charge in [0.2, 0.25) is 5.91 Å². The van der Waals surface area contributed by atoms with Gasteiger partial charge >= 0.3 is 0 Å². The molecule has 0 bridgehead atoms. The van der Waals surface area contributed by atoms with Gasteiger partial charge in [-0.15, -0.1) is 0 Å². The fraction of sp³-hybridized carbons (Fsp3) is 0.0952. The summed E-state index contributed by atoms with van der Waals surface area (Å²) in [6, 6.07) is 21.5. The number of hydrogen-bond donors (Lipinski definition) is 2. The van der Waals surface area contributed by atoms with Crippen LogP contribution in [0.5, 0.6) is 0 Å². The summed E-state index contributed by atoms with van der Waals surface area (Å²) in [6.45, 7) is 2.01. The molecule has 0 atom stereocenters. The van der Waals surface area contributed by atoms with Crippen molar-refractivity contribution in [2.24, 2.45) is 0 Å². The quantitative estimate of drug-likeness (QED) is 0.685. The molecule has 25 heavy (non-hydrogen) atoms. The van der Waals surface area contributed by atoms with E-state index in [1.807, 2.05) is 55.5 Å². The summed E-state index contributed by atoms with van der Waals surface area (Å²) < 4.78 is 13.2. The molecular weight excluding hydrogens is 315 g/mol. The van der Waals surface area contributed by atoms with E-state index in [1.54, 1.807) is 12.1 Å². The van der Waals surface area contributed by atoms with E-state index < -0.39 is 0 Å². The Bertz CT molecular complexity index is 875. The zero-order chi connectivity index (χ0) is 17.6. The minimum Gasteiger partial charge on any atom is -0.355 e. The molecule has 0 aliphatic heterocycles. The average molecular weight is 334 g/mol. The van der Waals surface area contributed by atoms with Crippen LogP contribution in [0.4, 0.5) is 21.5 Å². The molecule has 0 saturated heterocycles. The topological polar surface area (TPSA) is 41.1 Å². The van der Waals surface area contributed by atoms with E-state index in [9.17, 15) is 9.18 Å². The summed E-state index contributed by atoms with van der Waals surface area (Å²) in [6.07, 6.45) is 0.338. The molecule has 0 aliphatic rings. The molecule has 1 amide bonds.